The van der Waals surface area contributed by atoms with E-state index in [1.807, 2.05) is 6.07 Å². The molecule has 0 radical (unpaired) electrons. The first-order valence-corrected chi connectivity index (χ1v) is 5.81. The van der Waals surface area contributed by atoms with Crippen LogP contribution in [0.5, 0.6) is 0 Å². The predicted molar refractivity (Wildman–Crippen MR) is 60.5 cm³/mol. The highest BCUT2D eigenvalue weighted by molar-refractivity contribution is 6.30. The lowest BCUT2D eigenvalue weighted by Gasteiger charge is -2.11. The second-order valence-electron chi connectivity index (χ2n) is 4.11. The highest BCUT2D eigenvalue weighted by atomic mass is 35.5. The first kappa shape index (κ1) is 10.9. The van der Waals surface area contributed by atoms with Gasteiger partial charge < -0.3 is 5.32 Å². The summed E-state index contributed by atoms with van der Waals surface area (Å²) in [5, 5.41) is 3.63. The van der Waals surface area contributed by atoms with E-state index in [0.29, 0.717) is 6.04 Å². The number of rotatable bonds is 3. The van der Waals surface area contributed by atoms with Crippen molar-refractivity contribution in [2.24, 2.45) is 0 Å². The Hall–Kier alpha value is -0.600. The second-order valence-corrected chi connectivity index (χ2v) is 4.52. The van der Waals surface area contributed by atoms with Crippen molar-refractivity contribution < 1.29 is 4.39 Å². The van der Waals surface area contributed by atoms with E-state index < -0.39 is 0 Å². The summed E-state index contributed by atoms with van der Waals surface area (Å²) in [5.74, 6) is -0.331. The van der Waals surface area contributed by atoms with E-state index in [1.54, 1.807) is 6.07 Å². The lowest BCUT2D eigenvalue weighted by molar-refractivity contribution is 0.522. The SMILES string of the molecule is Fc1cc(CNC2CCCC2)ccc1Cl. The third kappa shape index (κ3) is 2.93. The second kappa shape index (κ2) is 4.95. The molecule has 1 nitrogen and oxygen atoms in total. The summed E-state index contributed by atoms with van der Waals surface area (Å²) in [7, 11) is 0. The molecular weight excluding hydrogens is 213 g/mol. The van der Waals surface area contributed by atoms with Gasteiger partial charge in [-0.15, -0.1) is 0 Å². The van der Waals surface area contributed by atoms with Gasteiger partial charge in [0, 0.05) is 12.6 Å². The van der Waals surface area contributed by atoms with Gasteiger partial charge in [0.05, 0.1) is 5.02 Å². The molecule has 1 fully saturated rings. The molecule has 0 bridgehead atoms. The van der Waals surface area contributed by atoms with Crippen LogP contribution in [0.2, 0.25) is 5.02 Å². The number of hydrogen-bond acceptors (Lipinski definition) is 1. The molecule has 1 saturated carbocycles. The summed E-state index contributed by atoms with van der Waals surface area (Å²) in [6, 6.07) is 5.60. The summed E-state index contributed by atoms with van der Waals surface area (Å²) in [6.07, 6.45) is 5.12. The Kier molecular flexibility index (Phi) is 3.60. The maximum absolute atomic E-state index is 13.1. The van der Waals surface area contributed by atoms with Crippen LogP contribution in [0.15, 0.2) is 18.2 Å². The van der Waals surface area contributed by atoms with Crippen molar-refractivity contribution in [2.75, 3.05) is 0 Å². The molecular formula is C12H15ClFN. The summed E-state index contributed by atoms with van der Waals surface area (Å²) in [4.78, 5) is 0. The molecule has 82 valence electrons. The number of halogens is 2. The Morgan fingerprint density at radius 2 is 2.07 bits per heavy atom. The molecule has 0 unspecified atom stereocenters. The molecule has 2 rings (SSSR count). The molecule has 0 aromatic heterocycles. The smallest absolute Gasteiger partial charge is 0.142 e. The summed E-state index contributed by atoms with van der Waals surface area (Å²) >= 11 is 5.61. The predicted octanol–water partition coefficient (Wildman–Crippen LogP) is 3.51. The molecule has 1 N–H and O–H groups in total. The van der Waals surface area contributed by atoms with Crippen molar-refractivity contribution in [1.82, 2.24) is 5.32 Å². The van der Waals surface area contributed by atoms with Gasteiger partial charge in [-0.1, -0.05) is 30.5 Å². The van der Waals surface area contributed by atoms with Crippen LogP contribution in [0.3, 0.4) is 0 Å². The maximum Gasteiger partial charge on any atom is 0.142 e. The monoisotopic (exact) mass is 227 g/mol. The topological polar surface area (TPSA) is 12.0 Å². The molecule has 0 spiro atoms. The fraction of sp³-hybridized carbons (Fsp3) is 0.500. The molecule has 1 aromatic rings. The van der Waals surface area contributed by atoms with Crippen molar-refractivity contribution in [1.29, 1.82) is 0 Å². The molecule has 3 heteroatoms. The van der Waals surface area contributed by atoms with Gasteiger partial charge in [0.1, 0.15) is 5.82 Å². The molecule has 0 amide bonds. The van der Waals surface area contributed by atoms with Crippen LogP contribution in [-0.4, -0.2) is 6.04 Å². The lowest BCUT2D eigenvalue weighted by atomic mass is 10.2. The standard InChI is InChI=1S/C12H15ClFN/c13-11-6-5-9(7-12(11)14)8-15-10-3-1-2-4-10/h5-7,10,15H,1-4,8H2. The van der Waals surface area contributed by atoms with Gasteiger partial charge in [0.25, 0.3) is 0 Å². The van der Waals surface area contributed by atoms with E-state index in [2.05, 4.69) is 5.32 Å². The highest BCUT2D eigenvalue weighted by Crippen LogP contribution is 2.19. The fourth-order valence-electron chi connectivity index (χ4n) is 2.04. The Morgan fingerprint density at radius 3 is 2.73 bits per heavy atom. The average Bonchev–Trinajstić information content (AvgIpc) is 2.73. The summed E-state index contributed by atoms with van der Waals surface area (Å²) < 4.78 is 13.1. The first-order valence-electron chi connectivity index (χ1n) is 5.43. The molecule has 0 aliphatic heterocycles. The zero-order chi connectivity index (χ0) is 10.7. The van der Waals surface area contributed by atoms with Gasteiger partial charge in [-0.2, -0.15) is 0 Å². The van der Waals surface area contributed by atoms with Crippen molar-refractivity contribution in [3.8, 4) is 0 Å². The first-order chi connectivity index (χ1) is 7.25. The van der Waals surface area contributed by atoms with E-state index in [4.69, 9.17) is 11.6 Å². The largest absolute Gasteiger partial charge is 0.310 e. The molecule has 15 heavy (non-hydrogen) atoms. The molecule has 0 heterocycles. The van der Waals surface area contributed by atoms with E-state index in [-0.39, 0.29) is 10.8 Å². The van der Waals surface area contributed by atoms with Crippen molar-refractivity contribution >= 4 is 11.6 Å². The van der Waals surface area contributed by atoms with Crippen molar-refractivity contribution in [3.63, 3.8) is 0 Å². The van der Waals surface area contributed by atoms with Crippen molar-refractivity contribution in [2.45, 2.75) is 38.3 Å². The Balaban J connectivity index is 1.90. The summed E-state index contributed by atoms with van der Waals surface area (Å²) in [5.41, 5.74) is 0.962. The quantitative estimate of drug-likeness (QED) is 0.833. The third-order valence-electron chi connectivity index (χ3n) is 2.93. The van der Waals surface area contributed by atoms with Gasteiger partial charge in [-0.05, 0) is 30.5 Å². The van der Waals surface area contributed by atoms with Gasteiger partial charge in [0.15, 0.2) is 0 Å². The zero-order valence-corrected chi connectivity index (χ0v) is 9.36. The van der Waals surface area contributed by atoms with Crippen LogP contribution in [0.4, 0.5) is 4.39 Å². The van der Waals surface area contributed by atoms with Crippen LogP contribution in [0, 0.1) is 5.82 Å². The number of nitrogens with one attached hydrogen (secondary N) is 1. The van der Waals surface area contributed by atoms with E-state index in [9.17, 15) is 4.39 Å². The van der Waals surface area contributed by atoms with Crippen LogP contribution >= 0.6 is 11.6 Å². The van der Waals surface area contributed by atoms with Crippen LogP contribution < -0.4 is 5.32 Å². The highest BCUT2D eigenvalue weighted by Gasteiger charge is 2.13. The lowest BCUT2D eigenvalue weighted by Crippen LogP contribution is -2.25. The van der Waals surface area contributed by atoms with Gasteiger partial charge >= 0.3 is 0 Å². The average molecular weight is 228 g/mol. The van der Waals surface area contributed by atoms with E-state index >= 15 is 0 Å². The molecule has 1 aromatic carbocycles. The minimum Gasteiger partial charge on any atom is -0.310 e. The third-order valence-corrected chi connectivity index (χ3v) is 3.24. The minimum atomic E-state index is -0.331. The normalized spacial score (nSPS) is 17.2. The zero-order valence-electron chi connectivity index (χ0n) is 8.60. The van der Waals surface area contributed by atoms with Crippen LogP contribution in [0.1, 0.15) is 31.2 Å². The van der Waals surface area contributed by atoms with Gasteiger partial charge in [0.2, 0.25) is 0 Å². The number of hydrogen-bond donors (Lipinski definition) is 1. The molecule has 1 aliphatic carbocycles. The van der Waals surface area contributed by atoms with E-state index in [1.165, 1.54) is 31.7 Å². The maximum atomic E-state index is 13.1. The Bertz CT molecular complexity index is 334. The molecule has 0 saturated heterocycles. The van der Waals surface area contributed by atoms with E-state index in [0.717, 1.165) is 12.1 Å². The minimum absolute atomic E-state index is 0.194. The Morgan fingerprint density at radius 1 is 1.33 bits per heavy atom. The van der Waals surface area contributed by atoms with Gasteiger partial charge in [-0.25, -0.2) is 4.39 Å². The Labute approximate surface area is 94.6 Å². The fourth-order valence-corrected chi connectivity index (χ4v) is 2.16. The summed E-state index contributed by atoms with van der Waals surface area (Å²) in [6.45, 7) is 0.735. The molecule has 0 atom stereocenters. The molecule has 1 aliphatic rings. The van der Waals surface area contributed by atoms with Crippen molar-refractivity contribution in [3.05, 3.63) is 34.6 Å². The van der Waals surface area contributed by atoms with Gasteiger partial charge in [-0.3, -0.25) is 0 Å². The number of benzene rings is 1. The van der Waals surface area contributed by atoms with Crippen LogP contribution in [0.25, 0.3) is 0 Å². The van der Waals surface area contributed by atoms with Crippen LogP contribution in [-0.2, 0) is 6.54 Å².